The normalized spacial score (nSPS) is 24.2. The van der Waals surface area contributed by atoms with Crippen molar-refractivity contribution in [3.05, 3.63) is 34.9 Å². The second-order valence-electron chi connectivity index (χ2n) is 5.27. The van der Waals surface area contributed by atoms with Crippen LogP contribution in [0.5, 0.6) is 0 Å². The fourth-order valence-corrected chi connectivity index (χ4v) is 2.85. The molecule has 2 N–H and O–H groups in total. The molecular weight excluding hydrogens is 210 g/mol. The van der Waals surface area contributed by atoms with E-state index in [0.29, 0.717) is 12.0 Å². The number of hydrogen-bond donors (Lipinski definition) is 1. The van der Waals surface area contributed by atoms with Crippen LogP contribution >= 0.6 is 0 Å². The molecule has 2 heteroatoms. The Balaban J connectivity index is 1.93. The minimum Gasteiger partial charge on any atom is -0.373 e. The SMILES string of the molecule is Cc1cc(C)cc(COC2CCCC2CN)c1. The average molecular weight is 233 g/mol. The number of nitrogens with two attached hydrogens (primary N) is 1. The molecule has 0 aliphatic heterocycles. The molecule has 94 valence electrons. The highest BCUT2D eigenvalue weighted by molar-refractivity contribution is 5.28. The summed E-state index contributed by atoms with van der Waals surface area (Å²) in [5.41, 5.74) is 9.67. The summed E-state index contributed by atoms with van der Waals surface area (Å²) in [6.45, 7) is 5.75. The highest BCUT2D eigenvalue weighted by Gasteiger charge is 2.26. The third-order valence-corrected chi connectivity index (χ3v) is 3.64. The second kappa shape index (κ2) is 5.65. The van der Waals surface area contributed by atoms with Gasteiger partial charge in [0.05, 0.1) is 12.7 Å². The number of ether oxygens (including phenoxy) is 1. The van der Waals surface area contributed by atoms with E-state index in [-0.39, 0.29) is 0 Å². The van der Waals surface area contributed by atoms with E-state index in [4.69, 9.17) is 10.5 Å². The molecule has 0 radical (unpaired) electrons. The van der Waals surface area contributed by atoms with Crippen molar-refractivity contribution in [2.24, 2.45) is 11.7 Å². The van der Waals surface area contributed by atoms with Crippen molar-refractivity contribution in [2.45, 2.75) is 45.8 Å². The predicted molar refractivity (Wildman–Crippen MR) is 70.9 cm³/mol. The quantitative estimate of drug-likeness (QED) is 0.867. The molecular formula is C15H23NO. The molecule has 2 rings (SSSR count). The summed E-state index contributed by atoms with van der Waals surface area (Å²) in [6.07, 6.45) is 4.04. The minimum absolute atomic E-state index is 0.376. The number of benzene rings is 1. The number of hydrogen-bond acceptors (Lipinski definition) is 2. The summed E-state index contributed by atoms with van der Waals surface area (Å²) < 4.78 is 6.02. The summed E-state index contributed by atoms with van der Waals surface area (Å²) in [5, 5.41) is 0. The molecule has 0 bridgehead atoms. The van der Waals surface area contributed by atoms with Gasteiger partial charge in [0.2, 0.25) is 0 Å². The van der Waals surface area contributed by atoms with Crippen molar-refractivity contribution in [1.82, 2.24) is 0 Å². The smallest absolute Gasteiger partial charge is 0.0720 e. The first-order valence-corrected chi connectivity index (χ1v) is 6.58. The van der Waals surface area contributed by atoms with Crippen molar-refractivity contribution in [3.8, 4) is 0 Å². The van der Waals surface area contributed by atoms with Crippen molar-refractivity contribution < 1.29 is 4.74 Å². The third-order valence-electron chi connectivity index (χ3n) is 3.64. The lowest BCUT2D eigenvalue weighted by Crippen LogP contribution is -2.25. The van der Waals surface area contributed by atoms with E-state index >= 15 is 0 Å². The van der Waals surface area contributed by atoms with Gasteiger partial charge in [-0.2, -0.15) is 0 Å². The summed E-state index contributed by atoms with van der Waals surface area (Å²) in [4.78, 5) is 0. The first-order valence-electron chi connectivity index (χ1n) is 6.58. The Morgan fingerprint density at radius 1 is 1.18 bits per heavy atom. The number of aryl methyl sites for hydroxylation is 2. The molecule has 17 heavy (non-hydrogen) atoms. The van der Waals surface area contributed by atoms with Crippen molar-refractivity contribution in [3.63, 3.8) is 0 Å². The molecule has 0 saturated heterocycles. The zero-order valence-corrected chi connectivity index (χ0v) is 10.9. The van der Waals surface area contributed by atoms with Gasteiger partial charge in [-0.05, 0) is 44.7 Å². The lowest BCUT2D eigenvalue weighted by molar-refractivity contribution is 0.0182. The Labute approximate surface area is 104 Å². The van der Waals surface area contributed by atoms with Crippen LogP contribution in [0.3, 0.4) is 0 Å². The monoisotopic (exact) mass is 233 g/mol. The molecule has 2 atom stereocenters. The van der Waals surface area contributed by atoms with Crippen LogP contribution in [0.15, 0.2) is 18.2 Å². The first-order chi connectivity index (χ1) is 8.19. The van der Waals surface area contributed by atoms with Gasteiger partial charge in [0, 0.05) is 0 Å². The fraction of sp³-hybridized carbons (Fsp3) is 0.600. The van der Waals surface area contributed by atoms with Crippen LogP contribution in [0.1, 0.15) is 36.0 Å². The van der Waals surface area contributed by atoms with Crippen LogP contribution in [-0.2, 0) is 11.3 Å². The first kappa shape index (κ1) is 12.6. The molecule has 1 aromatic carbocycles. The Kier molecular flexibility index (Phi) is 4.19. The van der Waals surface area contributed by atoms with E-state index in [1.165, 1.54) is 36.0 Å². The van der Waals surface area contributed by atoms with Gasteiger partial charge in [-0.25, -0.2) is 0 Å². The lowest BCUT2D eigenvalue weighted by atomic mass is 10.1. The van der Waals surface area contributed by atoms with E-state index < -0.39 is 0 Å². The van der Waals surface area contributed by atoms with Crippen molar-refractivity contribution in [2.75, 3.05) is 6.54 Å². The van der Waals surface area contributed by atoms with E-state index in [0.717, 1.165) is 13.2 Å². The lowest BCUT2D eigenvalue weighted by Gasteiger charge is -2.19. The Hall–Kier alpha value is -0.860. The molecule has 1 saturated carbocycles. The fourth-order valence-electron chi connectivity index (χ4n) is 2.85. The van der Waals surface area contributed by atoms with Crippen molar-refractivity contribution >= 4 is 0 Å². The highest BCUT2D eigenvalue weighted by Crippen LogP contribution is 2.28. The van der Waals surface area contributed by atoms with Gasteiger partial charge in [-0.3, -0.25) is 0 Å². The van der Waals surface area contributed by atoms with Gasteiger partial charge in [-0.15, -0.1) is 0 Å². The molecule has 1 fully saturated rings. The zero-order valence-electron chi connectivity index (χ0n) is 10.9. The van der Waals surface area contributed by atoms with Gasteiger partial charge in [0.15, 0.2) is 0 Å². The molecule has 0 amide bonds. The topological polar surface area (TPSA) is 35.2 Å². The Bertz CT molecular complexity index is 355. The molecule has 2 nitrogen and oxygen atoms in total. The molecule has 1 aliphatic carbocycles. The summed E-state index contributed by atoms with van der Waals surface area (Å²) in [7, 11) is 0. The maximum absolute atomic E-state index is 6.02. The van der Waals surface area contributed by atoms with Gasteiger partial charge in [-0.1, -0.05) is 35.7 Å². The van der Waals surface area contributed by atoms with Crippen LogP contribution in [0.2, 0.25) is 0 Å². The average Bonchev–Trinajstić information content (AvgIpc) is 2.72. The summed E-state index contributed by atoms with van der Waals surface area (Å²) >= 11 is 0. The third kappa shape index (κ3) is 3.30. The molecule has 0 spiro atoms. The predicted octanol–water partition coefficient (Wildman–Crippen LogP) is 2.95. The van der Waals surface area contributed by atoms with Crippen LogP contribution in [0.4, 0.5) is 0 Å². The molecule has 1 aliphatic rings. The molecule has 1 aromatic rings. The van der Waals surface area contributed by atoms with E-state index in [1.807, 2.05) is 0 Å². The van der Waals surface area contributed by atoms with Gasteiger partial charge < -0.3 is 10.5 Å². The zero-order chi connectivity index (χ0) is 12.3. The number of rotatable bonds is 4. The molecule has 2 unspecified atom stereocenters. The maximum Gasteiger partial charge on any atom is 0.0720 e. The van der Waals surface area contributed by atoms with Gasteiger partial charge >= 0.3 is 0 Å². The molecule has 0 aromatic heterocycles. The van der Waals surface area contributed by atoms with E-state index in [2.05, 4.69) is 32.0 Å². The summed E-state index contributed by atoms with van der Waals surface area (Å²) in [5.74, 6) is 0.570. The largest absolute Gasteiger partial charge is 0.373 e. The van der Waals surface area contributed by atoms with Gasteiger partial charge in [0.25, 0.3) is 0 Å². The summed E-state index contributed by atoms with van der Waals surface area (Å²) in [6, 6.07) is 6.61. The van der Waals surface area contributed by atoms with Crippen LogP contribution in [0.25, 0.3) is 0 Å². The van der Waals surface area contributed by atoms with Crippen LogP contribution in [0, 0.1) is 19.8 Å². The Morgan fingerprint density at radius 2 is 1.88 bits per heavy atom. The standard InChI is InChI=1S/C15H23NO/c1-11-6-12(2)8-13(7-11)10-17-15-5-3-4-14(15)9-16/h6-8,14-15H,3-5,9-10,16H2,1-2H3. The van der Waals surface area contributed by atoms with E-state index in [9.17, 15) is 0 Å². The van der Waals surface area contributed by atoms with Crippen LogP contribution in [-0.4, -0.2) is 12.6 Å². The highest BCUT2D eigenvalue weighted by atomic mass is 16.5. The maximum atomic E-state index is 6.02. The Morgan fingerprint density at radius 3 is 2.53 bits per heavy atom. The van der Waals surface area contributed by atoms with Crippen LogP contribution < -0.4 is 5.73 Å². The minimum atomic E-state index is 0.376. The molecule has 0 heterocycles. The van der Waals surface area contributed by atoms with Crippen molar-refractivity contribution in [1.29, 1.82) is 0 Å². The second-order valence-corrected chi connectivity index (χ2v) is 5.27. The van der Waals surface area contributed by atoms with E-state index in [1.54, 1.807) is 0 Å². The van der Waals surface area contributed by atoms with Gasteiger partial charge in [0.1, 0.15) is 0 Å².